The Morgan fingerprint density at radius 2 is 2.00 bits per heavy atom. The lowest BCUT2D eigenvalue weighted by atomic mass is 9.76. The van der Waals surface area contributed by atoms with Gasteiger partial charge in [0.2, 0.25) is 0 Å². The molecule has 8 atom stereocenters. The third-order valence-corrected chi connectivity index (χ3v) is 8.39. The van der Waals surface area contributed by atoms with Gasteiger partial charge in [0.15, 0.2) is 18.2 Å². The van der Waals surface area contributed by atoms with E-state index in [2.05, 4.69) is 16.0 Å². The average molecular weight is 604 g/mol. The van der Waals surface area contributed by atoms with Crippen LogP contribution in [0.4, 0.5) is 0 Å². The molecule has 0 spiro atoms. The first-order valence-electron chi connectivity index (χ1n) is 14.9. The molecule has 4 rings (SSSR count). The summed E-state index contributed by atoms with van der Waals surface area (Å²) in [6.45, 7) is 2.25. The third-order valence-electron chi connectivity index (χ3n) is 8.39. The summed E-state index contributed by atoms with van der Waals surface area (Å²) in [6, 6.07) is -1.55. The summed E-state index contributed by atoms with van der Waals surface area (Å²) in [6.07, 6.45) is -1.84. The lowest BCUT2D eigenvalue weighted by molar-refractivity contribution is -0.269. The first-order valence-corrected chi connectivity index (χ1v) is 14.9. The Bertz CT molecular complexity index is 918. The van der Waals surface area contributed by atoms with Gasteiger partial charge in [-0.05, 0) is 38.2 Å². The highest BCUT2D eigenvalue weighted by atomic mass is 16.7. The zero-order valence-electron chi connectivity index (χ0n) is 24.2. The van der Waals surface area contributed by atoms with Crippen molar-refractivity contribution in [3.63, 3.8) is 0 Å². The van der Waals surface area contributed by atoms with Gasteiger partial charge >= 0.3 is 0 Å². The largest absolute Gasteiger partial charge is 0.468 e. The van der Waals surface area contributed by atoms with Crippen LogP contribution in [0, 0.1) is 0 Å². The number of hydrogen-bond acceptors (Lipinski definition) is 14. The van der Waals surface area contributed by atoms with Gasteiger partial charge in [-0.2, -0.15) is 0 Å². The second-order valence-electron chi connectivity index (χ2n) is 12.0. The van der Waals surface area contributed by atoms with Gasteiger partial charge in [0.1, 0.15) is 30.2 Å². The van der Waals surface area contributed by atoms with Gasteiger partial charge in [0.05, 0.1) is 31.4 Å². The van der Waals surface area contributed by atoms with E-state index in [4.69, 9.17) is 30.4 Å². The molecule has 3 fully saturated rings. The maximum Gasteiger partial charge on any atom is 0.254 e. The first-order chi connectivity index (χ1) is 20.0. The molecule has 1 amide bonds. The number of rotatable bonds is 15. The van der Waals surface area contributed by atoms with Crippen LogP contribution < -0.4 is 27.4 Å². The van der Waals surface area contributed by atoms with Crippen LogP contribution in [0.1, 0.15) is 45.4 Å². The summed E-state index contributed by atoms with van der Waals surface area (Å²) in [7, 11) is 0. The molecule has 242 valence electrons. The van der Waals surface area contributed by atoms with Crippen molar-refractivity contribution in [3.05, 3.63) is 11.8 Å². The van der Waals surface area contributed by atoms with Crippen molar-refractivity contribution in [1.29, 1.82) is 0 Å². The van der Waals surface area contributed by atoms with Gasteiger partial charge in [0, 0.05) is 38.1 Å². The van der Waals surface area contributed by atoms with E-state index in [1.54, 1.807) is 6.92 Å². The Kier molecular flexibility index (Phi) is 11.6. The second kappa shape index (κ2) is 14.5. The van der Waals surface area contributed by atoms with Crippen molar-refractivity contribution < 1.29 is 49.3 Å². The zero-order valence-corrected chi connectivity index (χ0v) is 24.2. The van der Waals surface area contributed by atoms with E-state index in [1.807, 2.05) is 6.08 Å². The summed E-state index contributed by atoms with van der Waals surface area (Å²) in [4.78, 5) is 12.9. The van der Waals surface area contributed by atoms with Crippen LogP contribution in [0.5, 0.6) is 0 Å². The molecule has 2 heterocycles. The third kappa shape index (κ3) is 8.16. The van der Waals surface area contributed by atoms with Gasteiger partial charge < -0.3 is 71.9 Å². The molecule has 2 aliphatic heterocycles. The van der Waals surface area contributed by atoms with Crippen molar-refractivity contribution in [3.8, 4) is 0 Å². The molecule has 0 bridgehead atoms. The van der Waals surface area contributed by atoms with E-state index in [9.17, 15) is 30.3 Å². The fourth-order valence-corrected chi connectivity index (χ4v) is 5.84. The monoisotopic (exact) mass is 603 g/mol. The lowest BCUT2D eigenvalue weighted by Gasteiger charge is -2.47. The topological polar surface area (TPSA) is 243 Å². The summed E-state index contributed by atoms with van der Waals surface area (Å²) in [5.41, 5.74) is 9.86. The number of amides is 1. The van der Waals surface area contributed by atoms with Crippen molar-refractivity contribution in [2.24, 2.45) is 11.5 Å². The molecule has 2 saturated carbocycles. The van der Waals surface area contributed by atoms with Crippen molar-refractivity contribution in [1.82, 2.24) is 16.0 Å². The minimum Gasteiger partial charge on any atom is -0.468 e. The standard InChI is InChI=1S/C27H49N5O10/c1-2-19(34)24(39-7-6-33)42-23-18(32-25(36)27(38)13-31-14-27)8-17(29)22(21(23)35)41-20-5-3-4-16(40-20)11-30-12-26(37)9-15(28)10-26/h4,15,17-24,30-31,33-35,37-38H,2-3,5-14,28-29H2,1H3,(H,32,36)/t15?,17-,18+,19+,20+,21-,22+,23-,24+,26?/m0/s1. The van der Waals surface area contributed by atoms with E-state index < -0.39 is 66.2 Å². The van der Waals surface area contributed by atoms with Crippen molar-refractivity contribution >= 4 is 5.91 Å². The molecule has 12 N–H and O–H groups in total. The molecule has 0 radical (unpaired) electrons. The Morgan fingerprint density at radius 1 is 1.26 bits per heavy atom. The average Bonchev–Trinajstić information content (AvgIpc) is 2.92. The van der Waals surface area contributed by atoms with Crippen LogP contribution in [0.25, 0.3) is 0 Å². The van der Waals surface area contributed by atoms with Crippen molar-refractivity contribution in [2.75, 3.05) is 39.4 Å². The van der Waals surface area contributed by atoms with Crippen LogP contribution in [0.2, 0.25) is 0 Å². The summed E-state index contributed by atoms with van der Waals surface area (Å²) in [5.74, 6) is 0.00934. The van der Waals surface area contributed by atoms with Gasteiger partial charge in [-0.3, -0.25) is 4.79 Å². The zero-order chi connectivity index (χ0) is 30.5. The normalized spacial score (nSPS) is 37.4. The molecule has 0 aromatic rings. The van der Waals surface area contributed by atoms with Crippen LogP contribution in [-0.4, -0.2) is 137 Å². The Morgan fingerprint density at radius 3 is 2.62 bits per heavy atom. The lowest BCUT2D eigenvalue weighted by Crippen LogP contribution is -2.71. The van der Waals surface area contributed by atoms with E-state index in [0.29, 0.717) is 44.5 Å². The number of aliphatic hydroxyl groups excluding tert-OH is 3. The predicted octanol–water partition coefficient (Wildman–Crippen LogP) is -3.76. The fraction of sp³-hybridized carbons (Fsp3) is 0.889. The molecular weight excluding hydrogens is 554 g/mol. The van der Waals surface area contributed by atoms with Gasteiger partial charge in [-0.15, -0.1) is 0 Å². The van der Waals surface area contributed by atoms with Crippen LogP contribution in [-0.2, 0) is 23.7 Å². The number of carbonyl (C=O) groups is 1. The van der Waals surface area contributed by atoms with Crippen LogP contribution in [0.15, 0.2) is 11.8 Å². The smallest absolute Gasteiger partial charge is 0.254 e. The highest BCUT2D eigenvalue weighted by Crippen LogP contribution is 2.31. The number of aliphatic hydroxyl groups is 5. The number of ether oxygens (including phenoxy) is 4. The number of nitrogens with one attached hydrogen (secondary N) is 3. The van der Waals surface area contributed by atoms with Crippen LogP contribution in [0.3, 0.4) is 0 Å². The maximum absolute atomic E-state index is 12.9. The van der Waals surface area contributed by atoms with E-state index in [-0.39, 0.29) is 45.2 Å². The molecule has 15 nitrogen and oxygen atoms in total. The molecule has 0 unspecified atom stereocenters. The van der Waals surface area contributed by atoms with E-state index in [1.165, 1.54) is 0 Å². The van der Waals surface area contributed by atoms with E-state index >= 15 is 0 Å². The van der Waals surface area contributed by atoms with Crippen LogP contribution >= 0.6 is 0 Å². The highest BCUT2D eigenvalue weighted by molar-refractivity contribution is 5.87. The molecule has 1 saturated heterocycles. The minimum atomic E-state index is -1.59. The molecular formula is C27H49N5O10. The fourth-order valence-electron chi connectivity index (χ4n) is 5.84. The second-order valence-corrected chi connectivity index (χ2v) is 12.0. The van der Waals surface area contributed by atoms with E-state index in [0.717, 1.165) is 0 Å². The summed E-state index contributed by atoms with van der Waals surface area (Å²) < 4.78 is 23.8. The van der Waals surface area contributed by atoms with Gasteiger partial charge in [-0.25, -0.2) is 0 Å². The number of β-amino-alcohol motifs (C(OH)–C–C–N with tert-alkyl or cyclic N) is 1. The van der Waals surface area contributed by atoms with Crippen molar-refractivity contribution in [2.45, 2.75) is 112 Å². The number of hydrogen-bond donors (Lipinski definition) is 10. The van der Waals surface area contributed by atoms with Gasteiger partial charge in [0.25, 0.3) is 5.91 Å². The minimum absolute atomic E-state index is 0.0216. The first kappa shape index (κ1) is 33.4. The molecule has 42 heavy (non-hydrogen) atoms. The number of nitrogens with two attached hydrogens (primary N) is 2. The molecule has 0 aromatic carbocycles. The molecule has 2 aliphatic carbocycles. The predicted molar refractivity (Wildman–Crippen MR) is 148 cm³/mol. The quantitative estimate of drug-likeness (QED) is 0.0809. The molecule has 15 heteroatoms. The Hall–Kier alpha value is -1.47. The Labute approximate surface area is 245 Å². The summed E-state index contributed by atoms with van der Waals surface area (Å²) >= 11 is 0. The number of allylic oxidation sites excluding steroid dienone is 1. The Balaban J connectivity index is 1.40. The van der Waals surface area contributed by atoms with Gasteiger partial charge in [-0.1, -0.05) is 6.92 Å². The summed E-state index contributed by atoms with van der Waals surface area (Å²) in [5, 5.41) is 61.0. The SMILES string of the molecule is CC[C@@H](O)[C@H](OCCO)O[C@@H]1[C@@H](O)[C@H](O[C@@H]2CCC=C(CNCC3(O)CC(N)C3)O2)[C@@H](N)C[C@H]1NC(=O)C1(O)CNC1. The maximum atomic E-state index is 12.9. The molecule has 0 aromatic heterocycles. The highest BCUT2D eigenvalue weighted by Gasteiger charge is 2.50. The molecule has 4 aliphatic rings. The number of carbonyl (C=O) groups excluding carboxylic acids is 1.